The molecule has 166 valence electrons. The normalized spacial score (nSPS) is 11.7. The van der Waals surface area contributed by atoms with E-state index in [4.69, 9.17) is 9.47 Å². The third-order valence-electron chi connectivity index (χ3n) is 4.69. The van der Waals surface area contributed by atoms with E-state index in [0.717, 1.165) is 5.39 Å². The Morgan fingerprint density at radius 3 is 2.52 bits per heavy atom. The van der Waals surface area contributed by atoms with Crippen molar-refractivity contribution in [2.75, 3.05) is 19.8 Å². The number of benzene rings is 2. The minimum atomic E-state index is -4.23. The van der Waals surface area contributed by atoms with Crippen LogP contribution in [0.4, 0.5) is 13.2 Å². The Morgan fingerprint density at radius 1 is 1.03 bits per heavy atom. The first kappa shape index (κ1) is 22.8. The highest BCUT2D eigenvalue weighted by Crippen LogP contribution is 2.25. The topological polar surface area (TPSA) is 52.5 Å². The summed E-state index contributed by atoms with van der Waals surface area (Å²) in [6.45, 7) is 2.88. The molecule has 0 bridgehead atoms. The summed E-state index contributed by atoms with van der Waals surface area (Å²) in [7, 11) is 0. The third kappa shape index (κ3) is 6.57. The molecule has 0 spiro atoms. The molecule has 0 aliphatic rings. The van der Waals surface area contributed by atoms with Crippen molar-refractivity contribution in [1.82, 2.24) is 9.88 Å². The summed E-state index contributed by atoms with van der Waals surface area (Å²) in [6.07, 6.45) is -5.18. The fraction of sp³-hybridized carbons (Fsp3) is 0.348. The number of nitrogens with one attached hydrogen (secondary N) is 1. The molecule has 0 unspecified atom stereocenters. The van der Waals surface area contributed by atoms with Gasteiger partial charge in [0.05, 0.1) is 18.5 Å². The predicted octanol–water partition coefficient (Wildman–Crippen LogP) is 4.87. The van der Waals surface area contributed by atoms with Gasteiger partial charge in [0, 0.05) is 37.9 Å². The molecule has 1 N–H and O–H groups in total. The summed E-state index contributed by atoms with van der Waals surface area (Å²) < 4.78 is 50.0. The lowest BCUT2D eigenvalue weighted by atomic mass is 10.1. The maximum atomic E-state index is 13.0. The van der Waals surface area contributed by atoms with Crippen molar-refractivity contribution in [2.24, 2.45) is 0 Å². The minimum absolute atomic E-state index is 0.0573. The Hall–Kier alpha value is -2.84. The fourth-order valence-corrected chi connectivity index (χ4v) is 3.20. The second kappa shape index (κ2) is 10.5. The number of pyridine rings is 1. The zero-order chi connectivity index (χ0) is 22.3. The maximum absolute atomic E-state index is 13.0. The van der Waals surface area contributed by atoms with Crippen molar-refractivity contribution in [2.45, 2.75) is 32.6 Å². The molecule has 31 heavy (non-hydrogen) atoms. The average Bonchev–Trinajstić information content (AvgIpc) is 2.73. The zero-order valence-corrected chi connectivity index (χ0v) is 17.2. The molecule has 0 atom stereocenters. The molecule has 0 saturated heterocycles. The number of alkyl halides is 3. The van der Waals surface area contributed by atoms with Gasteiger partial charge in [-0.3, -0.25) is 4.79 Å². The van der Waals surface area contributed by atoms with Gasteiger partial charge in [0.25, 0.3) is 5.56 Å². The van der Waals surface area contributed by atoms with E-state index in [1.807, 2.05) is 43.3 Å². The van der Waals surface area contributed by atoms with E-state index in [0.29, 0.717) is 42.3 Å². The first-order valence-corrected chi connectivity index (χ1v) is 10.1. The van der Waals surface area contributed by atoms with Crippen molar-refractivity contribution in [3.63, 3.8) is 0 Å². The van der Waals surface area contributed by atoms with E-state index in [1.165, 1.54) is 0 Å². The van der Waals surface area contributed by atoms with Crippen molar-refractivity contribution in [1.29, 1.82) is 0 Å². The highest BCUT2D eigenvalue weighted by molar-refractivity contribution is 5.81. The lowest BCUT2D eigenvalue weighted by Crippen LogP contribution is -2.30. The highest BCUT2D eigenvalue weighted by atomic mass is 19.4. The maximum Gasteiger partial charge on any atom is 0.390 e. The van der Waals surface area contributed by atoms with Gasteiger partial charge in [0.15, 0.2) is 0 Å². The smallest absolute Gasteiger partial charge is 0.390 e. The van der Waals surface area contributed by atoms with Gasteiger partial charge in [0.1, 0.15) is 11.5 Å². The molecule has 0 radical (unpaired) electrons. The third-order valence-corrected chi connectivity index (χ3v) is 4.69. The summed E-state index contributed by atoms with van der Waals surface area (Å²) >= 11 is 0. The van der Waals surface area contributed by atoms with Crippen molar-refractivity contribution >= 4 is 10.9 Å². The number of hydrogen-bond acceptors (Lipinski definition) is 4. The number of aromatic nitrogens is 1. The Morgan fingerprint density at radius 2 is 1.81 bits per heavy atom. The van der Waals surface area contributed by atoms with Crippen molar-refractivity contribution in [3.05, 3.63) is 70.5 Å². The summed E-state index contributed by atoms with van der Waals surface area (Å²) in [6, 6.07) is 16.4. The van der Waals surface area contributed by atoms with Crippen LogP contribution in [0.5, 0.6) is 11.5 Å². The van der Waals surface area contributed by atoms with Gasteiger partial charge in [0.2, 0.25) is 0 Å². The molecular formula is C23H25F3N2O3. The van der Waals surface area contributed by atoms with Crippen LogP contribution < -0.4 is 15.6 Å². The highest BCUT2D eigenvalue weighted by Gasteiger charge is 2.26. The molecule has 0 fully saturated rings. The van der Waals surface area contributed by atoms with E-state index in [9.17, 15) is 18.0 Å². The van der Waals surface area contributed by atoms with Crippen LogP contribution in [0.3, 0.4) is 0 Å². The van der Waals surface area contributed by atoms with Crippen LogP contribution in [0.15, 0.2) is 59.4 Å². The lowest BCUT2D eigenvalue weighted by molar-refractivity contribution is -0.133. The van der Waals surface area contributed by atoms with Crippen LogP contribution >= 0.6 is 0 Å². The van der Waals surface area contributed by atoms with E-state index in [-0.39, 0.29) is 18.6 Å². The van der Waals surface area contributed by atoms with Crippen LogP contribution in [-0.2, 0) is 17.8 Å². The molecule has 8 heteroatoms. The quantitative estimate of drug-likeness (QED) is 0.463. The van der Waals surface area contributed by atoms with Gasteiger partial charge in [-0.1, -0.05) is 18.2 Å². The first-order chi connectivity index (χ1) is 14.9. The van der Waals surface area contributed by atoms with Gasteiger partial charge in [-0.05, 0) is 42.6 Å². The number of halogens is 3. The number of nitrogens with zero attached hydrogens (tertiary/aromatic N) is 1. The van der Waals surface area contributed by atoms with E-state index >= 15 is 0 Å². The molecule has 1 aromatic heterocycles. The molecule has 1 heterocycles. The largest absolute Gasteiger partial charge is 0.457 e. The van der Waals surface area contributed by atoms with Gasteiger partial charge in [-0.25, -0.2) is 0 Å². The summed E-state index contributed by atoms with van der Waals surface area (Å²) in [5.74, 6) is 1.26. The summed E-state index contributed by atoms with van der Waals surface area (Å²) in [5.41, 5.74) is 0.823. The number of fused-ring (bicyclic) bond motifs is 1. The van der Waals surface area contributed by atoms with E-state index in [2.05, 4.69) is 5.32 Å². The molecule has 0 amide bonds. The van der Waals surface area contributed by atoms with E-state index in [1.54, 1.807) is 22.8 Å². The number of ether oxygens (including phenoxy) is 2. The standard InChI is InChI=1S/C23H25F3N2O3/c1-2-30-13-12-28-21-15-20(31-19-6-4-3-5-7-19)9-8-17(21)14-18(22(28)29)16-27-11-10-23(24,25)26/h3-9,14-15,27H,2,10-13,16H2,1H3. The average molecular weight is 434 g/mol. The SMILES string of the molecule is CCOCCn1c(=O)c(CNCCC(F)(F)F)cc2ccc(Oc3ccccc3)cc21. The molecule has 0 aliphatic carbocycles. The zero-order valence-electron chi connectivity index (χ0n) is 17.2. The Bertz CT molecular complexity index is 1050. The van der Waals surface area contributed by atoms with Crippen LogP contribution in [0.1, 0.15) is 18.9 Å². The molecule has 3 rings (SSSR count). The molecule has 3 aromatic rings. The molecule has 2 aromatic carbocycles. The molecular weight excluding hydrogens is 409 g/mol. The molecule has 0 aliphatic heterocycles. The summed E-state index contributed by atoms with van der Waals surface area (Å²) in [5, 5.41) is 3.51. The number of hydrogen-bond donors (Lipinski definition) is 1. The van der Waals surface area contributed by atoms with Gasteiger partial charge < -0.3 is 19.4 Å². The van der Waals surface area contributed by atoms with Crippen LogP contribution in [-0.4, -0.2) is 30.5 Å². The number of rotatable bonds is 10. The Labute approximate surface area is 178 Å². The van der Waals surface area contributed by atoms with Gasteiger partial charge >= 0.3 is 6.18 Å². The summed E-state index contributed by atoms with van der Waals surface area (Å²) in [4.78, 5) is 13.0. The number of para-hydroxylation sites is 1. The first-order valence-electron chi connectivity index (χ1n) is 10.1. The van der Waals surface area contributed by atoms with E-state index < -0.39 is 12.6 Å². The van der Waals surface area contributed by atoms with Crippen LogP contribution in [0, 0.1) is 0 Å². The minimum Gasteiger partial charge on any atom is -0.457 e. The lowest BCUT2D eigenvalue weighted by Gasteiger charge is -2.15. The predicted molar refractivity (Wildman–Crippen MR) is 114 cm³/mol. The fourth-order valence-electron chi connectivity index (χ4n) is 3.20. The monoisotopic (exact) mass is 434 g/mol. The Kier molecular flexibility index (Phi) is 7.70. The second-order valence-corrected chi connectivity index (χ2v) is 7.00. The van der Waals surface area contributed by atoms with Gasteiger partial charge in [-0.15, -0.1) is 0 Å². The Balaban J connectivity index is 1.89. The van der Waals surface area contributed by atoms with Crippen LogP contribution in [0.25, 0.3) is 10.9 Å². The van der Waals surface area contributed by atoms with Crippen LogP contribution in [0.2, 0.25) is 0 Å². The molecule has 5 nitrogen and oxygen atoms in total. The van der Waals surface area contributed by atoms with Crippen molar-refractivity contribution in [3.8, 4) is 11.5 Å². The second-order valence-electron chi connectivity index (χ2n) is 7.00. The molecule has 0 saturated carbocycles. The van der Waals surface area contributed by atoms with Gasteiger partial charge in [-0.2, -0.15) is 13.2 Å². The van der Waals surface area contributed by atoms with Crippen molar-refractivity contribution < 1.29 is 22.6 Å².